The van der Waals surface area contributed by atoms with Crippen molar-refractivity contribution in [2.75, 3.05) is 16.0 Å². The Balaban J connectivity index is 1.67. The van der Waals surface area contributed by atoms with E-state index in [4.69, 9.17) is 11.6 Å². The third-order valence-corrected chi connectivity index (χ3v) is 3.93. The third kappa shape index (κ3) is 5.05. The number of hydrogen-bond donors (Lipinski definition) is 3. The molecule has 1 heterocycles. The van der Waals surface area contributed by atoms with Crippen molar-refractivity contribution in [3.8, 4) is 0 Å². The molecule has 0 aliphatic rings. The van der Waals surface area contributed by atoms with Crippen LogP contribution in [0.4, 0.5) is 22.9 Å². The molecule has 0 aliphatic carbocycles. The minimum atomic E-state index is -0.299. The van der Waals surface area contributed by atoms with Gasteiger partial charge < -0.3 is 16.0 Å². The van der Waals surface area contributed by atoms with E-state index in [1.165, 1.54) is 13.1 Å². The van der Waals surface area contributed by atoms with Crippen LogP contribution in [0.25, 0.3) is 0 Å². The lowest BCUT2D eigenvalue weighted by atomic mass is 10.2. The van der Waals surface area contributed by atoms with Gasteiger partial charge >= 0.3 is 0 Å². The lowest BCUT2D eigenvalue weighted by molar-refractivity contribution is -0.114. The summed E-state index contributed by atoms with van der Waals surface area (Å²) in [6.07, 6.45) is 1.48. The fourth-order valence-electron chi connectivity index (χ4n) is 2.38. The van der Waals surface area contributed by atoms with Crippen LogP contribution in [0.2, 0.25) is 5.02 Å². The molecule has 0 saturated heterocycles. The fraction of sp³-hybridized carbons (Fsp3) is 0.0500. The van der Waals surface area contributed by atoms with Crippen LogP contribution in [0, 0.1) is 0 Å². The average Bonchev–Trinajstić information content (AvgIpc) is 2.64. The van der Waals surface area contributed by atoms with Gasteiger partial charge in [0.15, 0.2) is 0 Å². The van der Waals surface area contributed by atoms with Gasteiger partial charge in [0.25, 0.3) is 5.91 Å². The number of hydrogen-bond acceptors (Lipinski definition) is 4. The van der Waals surface area contributed by atoms with Crippen molar-refractivity contribution in [3.63, 3.8) is 0 Å². The van der Waals surface area contributed by atoms with Crippen LogP contribution in [0.15, 0.2) is 66.9 Å². The minimum Gasteiger partial charge on any atom is -0.339 e. The Kier molecular flexibility index (Phi) is 5.68. The lowest BCUT2D eigenvalue weighted by Gasteiger charge is -2.09. The molecule has 3 N–H and O–H groups in total. The Morgan fingerprint density at radius 2 is 1.67 bits per heavy atom. The van der Waals surface area contributed by atoms with E-state index < -0.39 is 0 Å². The van der Waals surface area contributed by atoms with Crippen molar-refractivity contribution in [2.45, 2.75) is 6.92 Å². The van der Waals surface area contributed by atoms with E-state index in [2.05, 4.69) is 20.9 Å². The van der Waals surface area contributed by atoms with Crippen LogP contribution in [-0.2, 0) is 4.79 Å². The molecular weight excluding hydrogens is 364 g/mol. The largest absolute Gasteiger partial charge is 0.339 e. The summed E-state index contributed by atoms with van der Waals surface area (Å²) in [7, 11) is 0. The Morgan fingerprint density at radius 1 is 0.926 bits per heavy atom. The van der Waals surface area contributed by atoms with Gasteiger partial charge in [0.1, 0.15) is 5.82 Å². The minimum absolute atomic E-state index is 0.177. The highest BCUT2D eigenvalue weighted by atomic mass is 35.5. The maximum Gasteiger partial charge on any atom is 0.257 e. The highest BCUT2D eigenvalue weighted by molar-refractivity contribution is 6.33. The molecule has 1 aromatic heterocycles. The number of carbonyl (C=O) groups is 2. The number of carbonyl (C=O) groups excluding carboxylic acids is 2. The first-order valence-corrected chi connectivity index (χ1v) is 8.56. The van der Waals surface area contributed by atoms with Gasteiger partial charge in [0.2, 0.25) is 5.91 Å². The topological polar surface area (TPSA) is 83.1 Å². The van der Waals surface area contributed by atoms with Gasteiger partial charge in [-0.25, -0.2) is 4.98 Å². The third-order valence-electron chi connectivity index (χ3n) is 3.60. The van der Waals surface area contributed by atoms with E-state index in [0.29, 0.717) is 27.8 Å². The van der Waals surface area contributed by atoms with E-state index in [-0.39, 0.29) is 11.8 Å². The molecule has 7 heteroatoms. The number of aromatic nitrogens is 1. The Labute approximate surface area is 161 Å². The summed E-state index contributed by atoms with van der Waals surface area (Å²) >= 11 is 6.11. The first kappa shape index (κ1) is 18.4. The Morgan fingerprint density at radius 3 is 2.33 bits per heavy atom. The standard InChI is InChI=1S/C20H17ClN4O2/c1-13(26)23-15-5-4-6-16(11-15)24-20(27)14-9-10-19(22-12-14)25-18-8-3-2-7-17(18)21/h2-12H,1H3,(H,22,25)(H,23,26)(H,24,27). The van der Waals surface area contributed by atoms with Gasteiger partial charge in [0.05, 0.1) is 16.3 Å². The van der Waals surface area contributed by atoms with Crippen molar-refractivity contribution >= 4 is 46.3 Å². The van der Waals surface area contributed by atoms with Crippen LogP contribution in [0.1, 0.15) is 17.3 Å². The normalized spacial score (nSPS) is 10.1. The summed E-state index contributed by atoms with van der Waals surface area (Å²) in [5.41, 5.74) is 2.32. The zero-order valence-electron chi connectivity index (χ0n) is 14.5. The van der Waals surface area contributed by atoms with E-state index >= 15 is 0 Å². The first-order chi connectivity index (χ1) is 13.0. The van der Waals surface area contributed by atoms with Crippen LogP contribution in [0.5, 0.6) is 0 Å². The number of para-hydroxylation sites is 1. The second kappa shape index (κ2) is 8.33. The van der Waals surface area contributed by atoms with Gasteiger partial charge in [-0.1, -0.05) is 29.8 Å². The summed E-state index contributed by atoms with van der Waals surface area (Å²) in [6, 6.07) is 17.6. The van der Waals surface area contributed by atoms with Crippen molar-refractivity contribution in [1.29, 1.82) is 0 Å². The molecule has 0 unspecified atom stereocenters. The SMILES string of the molecule is CC(=O)Nc1cccc(NC(=O)c2ccc(Nc3ccccc3Cl)nc2)c1. The summed E-state index contributed by atoms with van der Waals surface area (Å²) < 4.78 is 0. The first-order valence-electron chi connectivity index (χ1n) is 8.18. The molecule has 0 spiro atoms. The maximum absolute atomic E-state index is 12.4. The molecule has 0 radical (unpaired) electrons. The summed E-state index contributed by atoms with van der Waals surface area (Å²) in [5.74, 6) is 0.100. The molecule has 0 fully saturated rings. The van der Waals surface area contributed by atoms with Gasteiger partial charge in [-0.05, 0) is 42.5 Å². The van der Waals surface area contributed by atoms with E-state index in [0.717, 1.165) is 5.69 Å². The second-order valence-electron chi connectivity index (χ2n) is 5.75. The van der Waals surface area contributed by atoms with E-state index in [9.17, 15) is 9.59 Å². The Hall–Kier alpha value is -3.38. The van der Waals surface area contributed by atoms with Crippen LogP contribution in [0.3, 0.4) is 0 Å². The van der Waals surface area contributed by atoms with Crippen molar-refractivity contribution in [3.05, 3.63) is 77.4 Å². The molecule has 2 aromatic carbocycles. The Bertz CT molecular complexity index is 974. The van der Waals surface area contributed by atoms with Gasteiger partial charge in [-0.2, -0.15) is 0 Å². The van der Waals surface area contributed by atoms with E-state index in [1.807, 2.05) is 18.2 Å². The fourth-order valence-corrected chi connectivity index (χ4v) is 2.57. The predicted octanol–water partition coefficient (Wildman–Crippen LogP) is 4.69. The number of pyridine rings is 1. The predicted molar refractivity (Wildman–Crippen MR) is 108 cm³/mol. The molecule has 6 nitrogen and oxygen atoms in total. The average molecular weight is 381 g/mol. The highest BCUT2D eigenvalue weighted by Gasteiger charge is 2.08. The number of halogens is 1. The number of benzene rings is 2. The van der Waals surface area contributed by atoms with Crippen molar-refractivity contribution < 1.29 is 9.59 Å². The molecule has 2 amide bonds. The highest BCUT2D eigenvalue weighted by Crippen LogP contribution is 2.24. The zero-order valence-corrected chi connectivity index (χ0v) is 15.2. The number of anilines is 4. The van der Waals surface area contributed by atoms with Gasteiger partial charge in [0, 0.05) is 24.5 Å². The summed E-state index contributed by atoms with van der Waals surface area (Å²) in [5, 5.41) is 9.13. The smallest absolute Gasteiger partial charge is 0.257 e. The molecule has 0 saturated carbocycles. The molecule has 3 aromatic rings. The van der Waals surface area contributed by atoms with Crippen molar-refractivity contribution in [2.24, 2.45) is 0 Å². The maximum atomic E-state index is 12.4. The van der Waals surface area contributed by atoms with E-state index in [1.54, 1.807) is 42.5 Å². The quantitative estimate of drug-likeness (QED) is 0.599. The molecule has 0 aliphatic heterocycles. The number of nitrogens with one attached hydrogen (secondary N) is 3. The van der Waals surface area contributed by atoms with Gasteiger partial charge in [-0.3, -0.25) is 9.59 Å². The van der Waals surface area contributed by atoms with Crippen LogP contribution in [-0.4, -0.2) is 16.8 Å². The molecule has 0 atom stereocenters. The monoisotopic (exact) mass is 380 g/mol. The summed E-state index contributed by atoms with van der Waals surface area (Å²) in [4.78, 5) is 27.8. The number of amides is 2. The number of nitrogens with zero attached hydrogens (tertiary/aromatic N) is 1. The molecular formula is C20H17ClN4O2. The second-order valence-corrected chi connectivity index (χ2v) is 6.16. The van der Waals surface area contributed by atoms with Crippen LogP contribution < -0.4 is 16.0 Å². The number of rotatable bonds is 5. The molecule has 27 heavy (non-hydrogen) atoms. The molecule has 0 bridgehead atoms. The lowest BCUT2D eigenvalue weighted by Crippen LogP contribution is -2.13. The molecule has 3 rings (SSSR count). The molecule has 136 valence electrons. The zero-order chi connectivity index (χ0) is 19.2. The van der Waals surface area contributed by atoms with Crippen LogP contribution >= 0.6 is 11.6 Å². The summed E-state index contributed by atoms with van der Waals surface area (Å²) in [6.45, 7) is 1.43. The van der Waals surface area contributed by atoms with Gasteiger partial charge in [-0.15, -0.1) is 0 Å². The van der Waals surface area contributed by atoms with Crippen molar-refractivity contribution in [1.82, 2.24) is 4.98 Å².